The lowest BCUT2D eigenvalue weighted by Crippen LogP contribution is -2.26. The second-order valence-corrected chi connectivity index (χ2v) is 5.89. The Morgan fingerprint density at radius 1 is 1.20 bits per heavy atom. The van der Waals surface area contributed by atoms with Crippen LogP contribution in [0.1, 0.15) is 32.3 Å². The van der Waals surface area contributed by atoms with Gasteiger partial charge in [0.1, 0.15) is 4.99 Å². The molecule has 0 bridgehead atoms. The van der Waals surface area contributed by atoms with Crippen LogP contribution in [0, 0.1) is 0 Å². The zero-order valence-corrected chi connectivity index (χ0v) is 14.3. The van der Waals surface area contributed by atoms with Gasteiger partial charge in [0.2, 0.25) is 0 Å². The van der Waals surface area contributed by atoms with Crippen LogP contribution in [0.15, 0.2) is 16.6 Å². The number of rotatable bonds is 5. The Bertz CT molecular complexity index is 487. The summed E-state index contributed by atoms with van der Waals surface area (Å²) in [5.41, 5.74) is 1.01. The van der Waals surface area contributed by atoms with Gasteiger partial charge in [-0.15, -0.1) is 0 Å². The summed E-state index contributed by atoms with van der Waals surface area (Å²) in [6.07, 6.45) is 2.44. The molecule has 1 aliphatic rings. The molecule has 1 saturated heterocycles. The highest BCUT2D eigenvalue weighted by Crippen LogP contribution is 2.37. The average Bonchev–Trinajstić information content (AvgIpc) is 2.96. The molecule has 0 unspecified atom stereocenters. The monoisotopic (exact) mass is 357 g/mol. The van der Waals surface area contributed by atoms with Crippen molar-refractivity contribution >= 4 is 33.1 Å². The first-order valence-corrected chi connectivity index (χ1v) is 8.25. The molecule has 1 fully saturated rings. The molecule has 110 valence electrons. The molecule has 0 aromatic heterocycles. The van der Waals surface area contributed by atoms with Crippen LogP contribution in [-0.4, -0.2) is 36.2 Å². The summed E-state index contributed by atoms with van der Waals surface area (Å²) >= 11 is 9.16. The molecule has 0 N–H and O–H groups in total. The molecule has 1 aromatic carbocycles. The number of thiocarbonyl (C=S) groups is 1. The highest BCUT2D eigenvalue weighted by molar-refractivity contribution is 9.10. The Kier molecular flexibility index (Phi) is 5.66. The Hall–Kier alpha value is -0.810. The van der Waals surface area contributed by atoms with Crippen LogP contribution >= 0.6 is 28.1 Å². The highest BCUT2D eigenvalue weighted by Gasteiger charge is 2.19. The van der Waals surface area contributed by atoms with Crippen LogP contribution in [0.5, 0.6) is 11.5 Å². The van der Waals surface area contributed by atoms with E-state index >= 15 is 0 Å². The number of hydrogen-bond donors (Lipinski definition) is 0. The average molecular weight is 358 g/mol. The Labute approximate surface area is 134 Å². The molecular formula is C15H20BrNO2S. The summed E-state index contributed by atoms with van der Waals surface area (Å²) in [5.74, 6) is 1.50. The maximum Gasteiger partial charge on any atom is 0.175 e. The van der Waals surface area contributed by atoms with Crippen LogP contribution in [0.3, 0.4) is 0 Å². The topological polar surface area (TPSA) is 21.7 Å². The van der Waals surface area contributed by atoms with Crippen molar-refractivity contribution in [1.82, 2.24) is 4.90 Å². The fourth-order valence-electron chi connectivity index (χ4n) is 2.34. The van der Waals surface area contributed by atoms with Crippen molar-refractivity contribution in [3.63, 3.8) is 0 Å². The molecule has 0 atom stereocenters. The van der Waals surface area contributed by atoms with Gasteiger partial charge in [0.05, 0.1) is 17.7 Å². The summed E-state index contributed by atoms with van der Waals surface area (Å²) in [6, 6.07) is 4.01. The summed E-state index contributed by atoms with van der Waals surface area (Å²) < 4.78 is 12.2. The van der Waals surface area contributed by atoms with E-state index in [9.17, 15) is 0 Å². The van der Waals surface area contributed by atoms with Crippen molar-refractivity contribution in [3.8, 4) is 11.5 Å². The SMILES string of the molecule is CCOc1cc(C(=S)N2CCCC2)cc(Br)c1OCC. The minimum Gasteiger partial charge on any atom is -0.490 e. The van der Waals surface area contributed by atoms with Gasteiger partial charge in [-0.25, -0.2) is 0 Å². The number of likely N-dealkylation sites (tertiary alicyclic amines) is 1. The van der Waals surface area contributed by atoms with E-state index in [0.717, 1.165) is 39.6 Å². The molecule has 3 nitrogen and oxygen atoms in total. The first kappa shape index (κ1) is 15.6. The molecule has 1 heterocycles. The maximum atomic E-state index is 5.69. The van der Waals surface area contributed by atoms with Crippen molar-refractivity contribution in [3.05, 3.63) is 22.2 Å². The first-order chi connectivity index (χ1) is 9.67. The molecule has 0 radical (unpaired) electrons. The fourth-order valence-corrected chi connectivity index (χ4v) is 3.20. The molecule has 0 saturated carbocycles. The predicted octanol–water partition coefficient (Wildman–Crippen LogP) is 4.02. The number of ether oxygens (including phenoxy) is 2. The molecular weight excluding hydrogens is 338 g/mol. The van der Waals surface area contributed by atoms with Gasteiger partial charge in [-0.2, -0.15) is 0 Å². The lowest BCUT2D eigenvalue weighted by Gasteiger charge is -2.20. The largest absolute Gasteiger partial charge is 0.490 e. The van der Waals surface area contributed by atoms with Crippen LogP contribution in [-0.2, 0) is 0 Å². The number of nitrogens with zero attached hydrogens (tertiary/aromatic N) is 1. The second kappa shape index (κ2) is 7.27. The van der Waals surface area contributed by atoms with E-state index < -0.39 is 0 Å². The molecule has 2 rings (SSSR count). The number of hydrogen-bond acceptors (Lipinski definition) is 3. The van der Waals surface area contributed by atoms with Gasteiger partial charge in [0.15, 0.2) is 11.5 Å². The van der Waals surface area contributed by atoms with Gasteiger partial charge in [-0.3, -0.25) is 0 Å². The van der Waals surface area contributed by atoms with E-state index in [1.807, 2.05) is 26.0 Å². The van der Waals surface area contributed by atoms with E-state index in [4.69, 9.17) is 21.7 Å². The van der Waals surface area contributed by atoms with Crippen LogP contribution < -0.4 is 9.47 Å². The molecule has 20 heavy (non-hydrogen) atoms. The van der Waals surface area contributed by atoms with Gasteiger partial charge in [0, 0.05) is 18.7 Å². The summed E-state index contributed by atoms with van der Waals surface area (Å²) in [7, 11) is 0. The molecule has 5 heteroatoms. The molecule has 1 aliphatic heterocycles. The summed E-state index contributed by atoms with van der Waals surface area (Å²) in [6.45, 7) is 7.24. The summed E-state index contributed by atoms with van der Waals surface area (Å²) in [5, 5.41) is 0. The number of halogens is 1. The van der Waals surface area contributed by atoms with Gasteiger partial charge >= 0.3 is 0 Å². The van der Waals surface area contributed by atoms with Crippen LogP contribution in [0.4, 0.5) is 0 Å². The zero-order valence-electron chi connectivity index (χ0n) is 11.9. The molecule has 0 spiro atoms. The van der Waals surface area contributed by atoms with E-state index in [0.29, 0.717) is 13.2 Å². The van der Waals surface area contributed by atoms with Crippen LogP contribution in [0.25, 0.3) is 0 Å². The zero-order chi connectivity index (χ0) is 14.5. The van der Waals surface area contributed by atoms with Gasteiger partial charge < -0.3 is 14.4 Å². The third kappa shape index (κ3) is 3.44. The van der Waals surface area contributed by atoms with Crippen molar-refractivity contribution < 1.29 is 9.47 Å². The normalized spacial score (nSPS) is 14.4. The fraction of sp³-hybridized carbons (Fsp3) is 0.533. The summed E-state index contributed by atoms with van der Waals surface area (Å²) in [4.78, 5) is 3.15. The van der Waals surface area contributed by atoms with E-state index in [2.05, 4.69) is 20.8 Å². The van der Waals surface area contributed by atoms with Gasteiger partial charge in [0.25, 0.3) is 0 Å². The minimum atomic E-state index is 0.604. The molecule has 0 amide bonds. The third-order valence-electron chi connectivity index (χ3n) is 3.24. The van der Waals surface area contributed by atoms with Gasteiger partial charge in [-0.1, -0.05) is 12.2 Å². The Morgan fingerprint density at radius 3 is 2.45 bits per heavy atom. The second-order valence-electron chi connectivity index (χ2n) is 4.65. The first-order valence-electron chi connectivity index (χ1n) is 7.05. The molecule has 0 aliphatic carbocycles. The molecule has 1 aromatic rings. The van der Waals surface area contributed by atoms with Crippen molar-refractivity contribution in [2.45, 2.75) is 26.7 Å². The van der Waals surface area contributed by atoms with Crippen molar-refractivity contribution in [2.75, 3.05) is 26.3 Å². The van der Waals surface area contributed by atoms with Gasteiger partial charge in [-0.05, 0) is 54.8 Å². The van der Waals surface area contributed by atoms with E-state index in [-0.39, 0.29) is 0 Å². The predicted molar refractivity (Wildman–Crippen MR) is 89.0 cm³/mol. The van der Waals surface area contributed by atoms with Crippen molar-refractivity contribution in [1.29, 1.82) is 0 Å². The Morgan fingerprint density at radius 2 is 1.85 bits per heavy atom. The smallest absolute Gasteiger partial charge is 0.175 e. The Balaban J connectivity index is 2.31. The van der Waals surface area contributed by atoms with E-state index in [1.165, 1.54) is 12.8 Å². The van der Waals surface area contributed by atoms with Crippen LogP contribution in [0.2, 0.25) is 0 Å². The van der Waals surface area contributed by atoms with E-state index in [1.54, 1.807) is 0 Å². The number of benzene rings is 1. The lowest BCUT2D eigenvalue weighted by atomic mass is 10.2. The lowest BCUT2D eigenvalue weighted by molar-refractivity contribution is 0.286. The highest BCUT2D eigenvalue weighted by atomic mass is 79.9. The quantitative estimate of drug-likeness (QED) is 0.741. The standard InChI is InChI=1S/C15H20BrNO2S/c1-3-18-13-10-11(9-12(16)14(13)19-4-2)15(20)17-7-5-6-8-17/h9-10H,3-8H2,1-2H3. The van der Waals surface area contributed by atoms with Crippen molar-refractivity contribution in [2.24, 2.45) is 0 Å². The maximum absolute atomic E-state index is 5.69. The third-order valence-corrected chi connectivity index (χ3v) is 4.32. The minimum absolute atomic E-state index is 0.604.